The topological polar surface area (TPSA) is 57.9 Å². The Kier molecular flexibility index (Phi) is 4.62. The molecule has 146 valence electrons. The predicted molar refractivity (Wildman–Crippen MR) is 115 cm³/mol. The lowest BCUT2D eigenvalue weighted by Gasteiger charge is -2.15. The van der Waals surface area contributed by atoms with Crippen LogP contribution >= 0.6 is 0 Å². The summed E-state index contributed by atoms with van der Waals surface area (Å²) in [5.41, 5.74) is 12.1. The molecule has 1 unspecified atom stereocenters. The van der Waals surface area contributed by atoms with E-state index in [-0.39, 0.29) is 5.82 Å². The maximum Gasteiger partial charge on any atom is 0.138 e. The van der Waals surface area contributed by atoms with E-state index < -0.39 is 0 Å². The first kappa shape index (κ1) is 18.0. The molecule has 0 radical (unpaired) electrons. The van der Waals surface area contributed by atoms with E-state index in [2.05, 4.69) is 63.4 Å². The van der Waals surface area contributed by atoms with Crippen LogP contribution in [0.4, 0.5) is 4.39 Å². The number of halogens is 1. The number of benzene rings is 3. The number of likely N-dealkylation sites (tertiary alicyclic amines) is 1. The first-order chi connectivity index (χ1) is 14.1. The van der Waals surface area contributed by atoms with E-state index in [1.54, 1.807) is 6.07 Å². The third-order valence-corrected chi connectivity index (χ3v) is 5.58. The van der Waals surface area contributed by atoms with Crippen molar-refractivity contribution >= 4 is 11.0 Å². The quantitative estimate of drug-likeness (QED) is 0.540. The molecule has 3 aromatic carbocycles. The van der Waals surface area contributed by atoms with Gasteiger partial charge in [0.05, 0.1) is 11.0 Å². The van der Waals surface area contributed by atoms with Gasteiger partial charge in [-0.25, -0.2) is 9.37 Å². The zero-order valence-corrected chi connectivity index (χ0v) is 16.1. The summed E-state index contributed by atoms with van der Waals surface area (Å²) in [5, 5.41) is 0. The minimum absolute atomic E-state index is 0.265. The molecular weight excluding hydrogens is 363 g/mol. The molecule has 0 saturated carbocycles. The van der Waals surface area contributed by atoms with Gasteiger partial charge in [0.15, 0.2) is 0 Å². The van der Waals surface area contributed by atoms with Crippen LogP contribution in [-0.4, -0.2) is 34.0 Å². The summed E-state index contributed by atoms with van der Waals surface area (Å²) < 4.78 is 13.4. The molecule has 0 spiro atoms. The summed E-state index contributed by atoms with van der Waals surface area (Å²) in [4.78, 5) is 10.2. The minimum atomic E-state index is -0.265. The van der Waals surface area contributed by atoms with Crippen molar-refractivity contribution in [3.8, 4) is 22.5 Å². The normalized spacial score (nSPS) is 17.2. The first-order valence-corrected chi connectivity index (χ1v) is 9.97. The molecule has 0 bridgehead atoms. The minimum Gasteiger partial charge on any atom is -0.338 e. The molecule has 5 rings (SSSR count). The third-order valence-electron chi connectivity index (χ3n) is 5.58. The van der Waals surface area contributed by atoms with Gasteiger partial charge < -0.3 is 10.7 Å². The number of hydrogen-bond acceptors (Lipinski definition) is 3. The second-order valence-corrected chi connectivity index (χ2v) is 7.81. The van der Waals surface area contributed by atoms with E-state index in [1.165, 1.54) is 23.3 Å². The van der Waals surface area contributed by atoms with Crippen LogP contribution in [0.3, 0.4) is 0 Å². The highest BCUT2D eigenvalue weighted by atomic mass is 19.1. The van der Waals surface area contributed by atoms with Gasteiger partial charge in [0.2, 0.25) is 0 Å². The van der Waals surface area contributed by atoms with Crippen molar-refractivity contribution in [3.05, 3.63) is 78.1 Å². The molecule has 1 saturated heterocycles. The Bertz CT molecular complexity index is 1150. The van der Waals surface area contributed by atoms with Gasteiger partial charge in [-0.15, -0.1) is 0 Å². The Balaban J connectivity index is 1.37. The number of aromatic nitrogens is 2. The Morgan fingerprint density at radius 1 is 1.00 bits per heavy atom. The molecule has 29 heavy (non-hydrogen) atoms. The second kappa shape index (κ2) is 7.43. The summed E-state index contributed by atoms with van der Waals surface area (Å²) >= 11 is 0. The Labute approximate surface area is 169 Å². The zero-order chi connectivity index (χ0) is 19.8. The highest BCUT2D eigenvalue weighted by molar-refractivity contribution is 5.80. The average Bonchev–Trinajstić information content (AvgIpc) is 3.34. The van der Waals surface area contributed by atoms with Crippen molar-refractivity contribution in [1.82, 2.24) is 14.9 Å². The number of nitrogens with two attached hydrogens (primary N) is 1. The SMILES string of the molecule is NC1CCN(Cc2cccc(-c3ccc(-c4nc5ccc(F)cc5[nH]4)cc3)c2)C1. The number of aromatic amines is 1. The van der Waals surface area contributed by atoms with Crippen LogP contribution in [-0.2, 0) is 6.54 Å². The summed E-state index contributed by atoms with van der Waals surface area (Å²) in [6, 6.07) is 21.9. The average molecular weight is 386 g/mol. The largest absolute Gasteiger partial charge is 0.338 e. The summed E-state index contributed by atoms with van der Waals surface area (Å²) in [6.07, 6.45) is 1.08. The molecule has 1 aliphatic heterocycles. The highest BCUT2D eigenvalue weighted by Crippen LogP contribution is 2.26. The second-order valence-electron chi connectivity index (χ2n) is 7.81. The maximum atomic E-state index is 13.4. The Morgan fingerprint density at radius 2 is 1.83 bits per heavy atom. The molecule has 1 fully saturated rings. The fourth-order valence-electron chi connectivity index (χ4n) is 4.05. The molecule has 4 aromatic rings. The molecule has 5 heteroatoms. The number of hydrogen-bond donors (Lipinski definition) is 2. The third kappa shape index (κ3) is 3.79. The van der Waals surface area contributed by atoms with E-state index in [4.69, 9.17) is 5.73 Å². The number of H-pyrrole nitrogens is 1. The van der Waals surface area contributed by atoms with Crippen molar-refractivity contribution in [2.75, 3.05) is 13.1 Å². The van der Waals surface area contributed by atoms with Gasteiger partial charge in [-0.3, -0.25) is 4.90 Å². The van der Waals surface area contributed by atoms with Gasteiger partial charge in [0, 0.05) is 31.2 Å². The van der Waals surface area contributed by atoms with Crippen LogP contribution in [0.15, 0.2) is 66.7 Å². The number of imidazole rings is 1. The lowest BCUT2D eigenvalue weighted by atomic mass is 10.0. The fraction of sp³-hybridized carbons (Fsp3) is 0.208. The number of rotatable bonds is 4. The molecule has 1 aromatic heterocycles. The standard InChI is InChI=1S/C24H23FN4/c25-20-8-9-22-23(13-20)28-24(27-22)18-6-4-17(5-7-18)19-3-1-2-16(12-19)14-29-11-10-21(26)15-29/h1-9,12-13,21H,10-11,14-15,26H2,(H,27,28). The molecule has 1 atom stereocenters. The van der Waals surface area contributed by atoms with Crippen molar-refractivity contribution in [2.45, 2.75) is 19.0 Å². The van der Waals surface area contributed by atoms with E-state index >= 15 is 0 Å². The van der Waals surface area contributed by atoms with Gasteiger partial charge in [-0.05, 0) is 47.4 Å². The van der Waals surface area contributed by atoms with Crippen molar-refractivity contribution < 1.29 is 4.39 Å². The number of nitrogens with zero attached hydrogens (tertiary/aromatic N) is 2. The van der Waals surface area contributed by atoms with E-state index in [0.29, 0.717) is 11.6 Å². The molecule has 3 N–H and O–H groups in total. The lowest BCUT2D eigenvalue weighted by molar-refractivity contribution is 0.327. The molecule has 1 aliphatic rings. The van der Waals surface area contributed by atoms with Crippen LogP contribution < -0.4 is 5.73 Å². The van der Waals surface area contributed by atoms with Crippen molar-refractivity contribution in [2.24, 2.45) is 5.73 Å². The fourth-order valence-corrected chi connectivity index (χ4v) is 4.05. The van der Waals surface area contributed by atoms with Crippen LogP contribution in [0.5, 0.6) is 0 Å². The molecule has 4 nitrogen and oxygen atoms in total. The van der Waals surface area contributed by atoms with Gasteiger partial charge in [-0.2, -0.15) is 0 Å². The molecular formula is C24H23FN4. The van der Waals surface area contributed by atoms with Gasteiger partial charge in [-0.1, -0.05) is 42.5 Å². The molecule has 0 aliphatic carbocycles. The van der Waals surface area contributed by atoms with Crippen LogP contribution in [0.1, 0.15) is 12.0 Å². The summed E-state index contributed by atoms with van der Waals surface area (Å²) in [6.45, 7) is 2.98. The van der Waals surface area contributed by atoms with E-state index in [1.807, 2.05) is 0 Å². The van der Waals surface area contributed by atoms with Crippen LogP contribution in [0, 0.1) is 5.82 Å². The van der Waals surface area contributed by atoms with Crippen molar-refractivity contribution in [1.29, 1.82) is 0 Å². The van der Waals surface area contributed by atoms with Gasteiger partial charge in [0.25, 0.3) is 0 Å². The zero-order valence-electron chi connectivity index (χ0n) is 16.1. The Morgan fingerprint density at radius 3 is 2.62 bits per heavy atom. The number of nitrogens with one attached hydrogen (secondary N) is 1. The van der Waals surface area contributed by atoms with Gasteiger partial charge in [0.1, 0.15) is 11.6 Å². The number of fused-ring (bicyclic) bond motifs is 1. The van der Waals surface area contributed by atoms with Crippen LogP contribution in [0.25, 0.3) is 33.5 Å². The highest BCUT2D eigenvalue weighted by Gasteiger charge is 2.18. The smallest absolute Gasteiger partial charge is 0.138 e. The predicted octanol–water partition coefficient (Wildman–Crippen LogP) is 4.57. The van der Waals surface area contributed by atoms with E-state index in [0.717, 1.165) is 48.5 Å². The molecule has 0 amide bonds. The van der Waals surface area contributed by atoms with E-state index in [9.17, 15) is 4.39 Å². The maximum absolute atomic E-state index is 13.4. The van der Waals surface area contributed by atoms with Gasteiger partial charge >= 0.3 is 0 Å². The van der Waals surface area contributed by atoms with Crippen molar-refractivity contribution in [3.63, 3.8) is 0 Å². The van der Waals surface area contributed by atoms with Crippen LogP contribution in [0.2, 0.25) is 0 Å². The summed E-state index contributed by atoms with van der Waals surface area (Å²) in [5.74, 6) is 0.482. The first-order valence-electron chi connectivity index (χ1n) is 9.97. The monoisotopic (exact) mass is 386 g/mol. The summed E-state index contributed by atoms with van der Waals surface area (Å²) in [7, 11) is 0. The molecule has 2 heterocycles. The Hall–Kier alpha value is -3.02. The lowest BCUT2D eigenvalue weighted by Crippen LogP contribution is -2.26.